The molecule has 0 saturated heterocycles. The maximum Gasteiger partial charge on any atom is 0.244 e. The molecule has 2 N–H and O–H groups in total. The highest BCUT2D eigenvalue weighted by Crippen LogP contribution is 2.30. The van der Waals surface area contributed by atoms with E-state index in [0.717, 1.165) is 22.4 Å². The molecule has 0 fully saturated rings. The zero-order valence-corrected chi connectivity index (χ0v) is 12.6. The molecule has 0 saturated carbocycles. The molecule has 5 heteroatoms. The van der Waals surface area contributed by atoms with Gasteiger partial charge in [-0.05, 0) is 43.0 Å². The van der Waals surface area contributed by atoms with Crippen LogP contribution in [-0.2, 0) is 0 Å². The Hall–Kier alpha value is -1.88. The van der Waals surface area contributed by atoms with Crippen LogP contribution in [0, 0.1) is 19.8 Å². The Morgan fingerprint density at radius 2 is 1.80 bits per heavy atom. The Balaban J connectivity index is 2.43. The number of aromatic nitrogens is 2. The predicted octanol–water partition coefficient (Wildman–Crippen LogP) is 3.02. The Morgan fingerprint density at radius 1 is 1.20 bits per heavy atom. The number of hydrogen-bond acceptors (Lipinski definition) is 5. The van der Waals surface area contributed by atoms with Crippen molar-refractivity contribution in [2.24, 2.45) is 11.7 Å². The lowest BCUT2D eigenvalue weighted by Gasteiger charge is -2.10. The zero-order chi connectivity index (χ0) is 14.9. The van der Waals surface area contributed by atoms with Gasteiger partial charge in [-0.25, -0.2) is 0 Å². The van der Waals surface area contributed by atoms with Gasteiger partial charge in [-0.1, -0.05) is 19.0 Å². The summed E-state index contributed by atoms with van der Waals surface area (Å²) in [5.74, 6) is 2.13. The minimum absolute atomic E-state index is 0.241. The smallest absolute Gasteiger partial charge is 0.244 e. The van der Waals surface area contributed by atoms with Crippen molar-refractivity contribution in [3.05, 3.63) is 29.2 Å². The maximum absolute atomic E-state index is 6.03. The fourth-order valence-corrected chi connectivity index (χ4v) is 2.15. The first-order valence-electron chi connectivity index (χ1n) is 6.68. The molecule has 1 aromatic heterocycles. The average molecular weight is 275 g/mol. The predicted molar refractivity (Wildman–Crippen MR) is 77.5 cm³/mol. The van der Waals surface area contributed by atoms with Crippen molar-refractivity contribution in [3.8, 4) is 17.1 Å². The Bertz CT molecular complexity index is 582. The number of aryl methyl sites for hydroxylation is 2. The van der Waals surface area contributed by atoms with E-state index in [1.54, 1.807) is 7.11 Å². The molecule has 0 aliphatic heterocycles. The molecule has 2 aromatic rings. The Morgan fingerprint density at radius 3 is 2.30 bits per heavy atom. The molecule has 0 aliphatic carbocycles. The van der Waals surface area contributed by atoms with Gasteiger partial charge in [0.2, 0.25) is 11.7 Å². The quantitative estimate of drug-likeness (QED) is 0.928. The molecule has 1 atom stereocenters. The van der Waals surface area contributed by atoms with Gasteiger partial charge in [-0.15, -0.1) is 0 Å². The molecule has 0 amide bonds. The van der Waals surface area contributed by atoms with Crippen molar-refractivity contribution in [1.82, 2.24) is 10.1 Å². The van der Waals surface area contributed by atoms with Gasteiger partial charge in [-0.2, -0.15) is 4.98 Å². The van der Waals surface area contributed by atoms with Crippen LogP contribution in [-0.4, -0.2) is 17.3 Å². The molecule has 20 heavy (non-hydrogen) atoms. The summed E-state index contributed by atoms with van der Waals surface area (Å²) >= 11 is 0. The van der Waals surface area contributed by atoms with Gasteiger partial charge >= 0.3 is 0 Å². The van der Waals surface area contributed by atoms with Gasteiger partial charge in [0, 0.05) is 5.56 Å². The number of nitrogens with two attached hydrogens (primary N) is 1. The van der Waals surface area contributed by atoms with E-state index >= 15 is 0 Å². The number of methoxy groups -OCH3 is 1. The molecule has 0 bridgehead atoms. The number of rotatable bonds is 4. The van der Waals surface area contributed by atoms with Gasteiger partial charge in [0.25, 0.3) is 0 Å². The highest BCUT2D eigenvalue weighted by atomic mass is 16.5. The van der Waals surface area contributed by atoms with Gasteiger partial charge in [0.15, 0.2) is 0 Å². The van der Waals surface area contributed by atoms with Crippen molar-refractivity contribution in [3.63, 3.8) is 0 Å². The summed E-state index contributed by atoms with van der Waals surface area (Å²) in [6.45, 7) is 8.06. The summed E-state index contributed by atoms with van der Waals surface area (Å²) in [6.07, 6.45) is 0. The molecule has 0 unspecified atom stereocenters. The fraction of sp³-hybridized carbons (Fsp3) is 0.467. The highest BCUT2D eigenvalue weighted by molar-refractivity contribution is 5.65. The maximum atomic E-state index is 6.03. The van der Waals surface area contributed by atoms with Crippen LogP contribution in [0.25, 0.3) is 11.4 Å². The standard InChI is InChI=1S/C15H21N3O2/c1-8(2)13(16)15-17-14(18-20-15)12-9(3)6-11(19-5)7-10(12)4/h6-8,13H,16H2,1-5H3/t13-/m0/s1. The normalized spacial score (nSPS) is 12.8. The van der Waals surface area contributed by atoms with E-state index < -0.39 is 0 Å². The molecule has 0 aliphatic rings. The van der Waals surface area contributed by atoms with E-state index in [-0.39, 0.29) is 12.0 Å². The van der Waals surface area contributed by atoms with Crippen LogP contribution in [0.1, 0.15) is 36.9 Å². The van der Waals surface area contributed by atoms with Crippen molar-refractivity contribution < 1.29 is 9.26 Å². The third kappa shape index (κ3) is 2.67. The molecule has 1 aromatic carbocycles. The lowest BCUT2D eigenvalue weighted by Crippen LogP contribution is -2.16. The van der Waals surface area contributed by atoms with E-state index in [2.05, 4.69) is 10.1 Å². The van der Waals surface area contributed by atoms with Crippen LogP contribution in [0.4, 0.5) is 0 Å². The summed E-state index contributed by atoms with van der Waals surface area (Å²) in [4.78, 5) is 4.44. The van der Waals surface area contributed by atoms with Crippen molar-refractivity contribution in [1.29, 1.82) is 0 Å². The van der Waals surface area contributed by atoms with Crippen LogP contribution in [0.15, 0.2) is 16.7 Å². The lowest BCUT2D eigenvalue weighted by molar-refractivity contribution is 0.325. The first-order valence-corrected chi connectivity index (χ1v) is 6.68. The van der Waals surface area contributed by atoms with E-state index in [9.17, 15) is 0 Å². The van der Waals surface area contributed by atoms with Crippen molar-refractivity contribution in [2.75, 3.05) is 7.11 Å². The number of ether oxygens (including phenoxy) is 1. The van der Waals surface area contributed by atoms with Crippen molar-refractivity contribution >= 4 is 0 Å². The lowest BCUT2D eigenvalue weighted by atomic mass is 10.0. The van der Waals surface area contributed by atoms with Crippen LogP contribution >= 0.6 is 0 Å². The number of nitrogens with zero attached hydrogens (tertiary/aromatic N) is 2. The SMILES string of the molecule is COc1cc(C)c(-c2noc([C@@H](N)C(C)C)n2)c(C)c1. The molecule has 0 spiro atoms. The zero-order valence-electron chi connectivity index (χ0n) is 12.6. The van der Waals surface area contributed by atoms with E-state index in [0.29, 0.717) is 11.7 Å². The first-order chi connectivity index (χ1) is 9.43. The largest absolute Gasteiger partial charge is 0.497 e. The highest BCUT2D eigenvalue weighted by Gasteiger charge is 2.20. The molecule has 0 radical (unpaired) electrons. The van der Waals surface area contributed by atoms with Crippen LogP contribution in [0.3, 0.4) is 0 Å². The van der Waals surface area contributed by atoms with Crippen LogP contribution in [0.5, 0.6) is 5.75 Å². The number of hydrogen-bond donors (Lipinski definition) is 1. The third-order valence-corrected chi connectivity index (χ3v) is 3.41. The Kier molecular flexibility index (Phi) is 4.09. The van der Waals surface area contributed by atoms with E-state index in [1.165, 1.54) is 0 Å². The van der Waals surface area contributed by atoms with Crippen LogP contribution < -0.4 is 10.5 Å². The monoisotopic (exact) mass is 275 g/mol. The van der Waals surface area contributed by atoms with Gasteiger partial charge in [0.05, 0.1) is 13.2 Å². The molecule has 5 nitrogen and oxygen atoms in total. The van der Waals surface area contributed by atoms with Crippen LogP contribution in [0.2, 0.25) is 0 Å². The first kappa shape index (κ1) is 14.5. The second-order valence-electron chi connectivity index (χ2n) is 5.36. The summed E-state index contributed by atoms with van der Waals surface area (Å²) in [5.41, 5.74) is 9.10. The van der Waals surface area contributed by atoms with Crippen molar-refractivity contribution in [2.45, 2.75) is 33.7 Å². The summed E-state index contributed by atoms with van der Waals surface area (Å²) in [6, 6.07) is 3.68. The molecule has 108 valence electrons. The molecular formula is C15H21N3O2. The second-order valence-corrected chi connectivity index (χ2v) is 5.36. The third-order valence-electron chi connectivity index (χ3n) is 3.41. The number of benzene rings is 1. The Labute approximate surface area is 119 Å². The summed E-state index contributed by atoms with van der Waals surface area (Å²) in [7, 11) is 1.65. The minimum atomic E-state index is -0.241. The molecule has 2 rings (SSSR count). The molecule has 1 heterocycles. The van der Waals surface area contributed by atoms with E-state index in [1.807, 2.05) is 39.8 Å². The van der Waals surface area contributed by atoms with Gasteiger partial charge in [-0.3, -0.25) is 0 Å². The van der Waals surface area contributed by atoms with Gasteiger partial charge in [0.1, 0.15) is 5.75 Å². The van der Waals surface area contributed by atoms with E-state index in [4.69, 9.17) is 15.0 Å². The minimum Gasteiger partial charge on any atom is -0.497 e. The summed E-state index contributed by atoms with van der Waals surface area (Å²) < 4.78 is 10.5. The van der Waals surface area contributed by atoms with Gasteiger partial charge < -0.3 is 15.0 Å². The average Bonchev–Trinajstić information content (AvgIpc) is 2.86. The fourth-order valence-electron chi connectivity index (χ4n) is 2.15. The second kappa shape index (κ2) is 5.63. The molecular weight excluding hydrogens is 254 g/mol. The topological polar surface area (TPSA) is 74.2 Å². The summed E-state index contributed by atoms with van der Waals surface area (Å²) in [5, 5.41) is 4.06.